The number of amides is 1. The Balaban J connectivity index is 1.35. The number of methoxy groups -OCH3 is 2. The van der Waals surface area contributed by atoms with Crippen LogP contribution in [0.3, 0.4) is 0 Å². The summed E-state index contributed by atoms with van der Waals surface area (Å²) in [5.74, 6) is 1.50. The fourth-order valence-corrected chi connectivity index (χ4v) is 4.32. The molecule has 0 aliphatic heterocycles. The number of benzene rings is 2. The second kappa shape index (κ2) is 9.44. The van der Waals surface area contributed by atoms with Gasteiger partial charge in [0.15, 0.2) is 17.1 Å². The average Bonchev–Trinajstić information content (AvgIpc) is 3.15. The number of hydrogen-bond donors (Lipinski definition) is 2. The van der Waals surface area contributed by atoms with Crippen LogP contribution in [0.4, 0.5) is 0 Å². The molecule has 0 saturated carbocycles. The fourth-order valence-electron chi connectivity index (χ4n) is 3.70. The van der Waals surface area contributed by atoms with Crippen LogP contribution in [0, 0.1) is 13.8 Å². The number of nitrogens with one attached hydrogen (secondary N) is 2. The van der Waals surface area contributed by atoms with Crippen molar-refractivity contribution in [1.82, 2.24) is 25.5 Å². The molecule has 2 N–H and O–H groups in total. The number of aromatic nitrogens is 4. The number of rotatable bonds is 8. The molecule has 166 valence electrons. The lowest BCUT2D eigenvalue weighted by molar-refractivity contribution is -0.118. The Morgan fingerprint density at radius 1 is 1.09 bits per heavy atom. The maximum absolute atomic E-state index is 12.3. The Hall–Kier alpha value is -3.33. The molecule has 0 fully saturated rings. The van der Waals surface area contributed by atoms with Gasteiger partial charge in [0.1, 0.15) is 5.52 Å². The first-order valence-electron chi connectivity index (χ1n) is 10.2. The number of ether oxygens (including phenoxy) is 2. The molecule has 2 aromatic carbocycles. The summed E-state index contributed by atoms with van der Waals surface area (Å²) in [7, 11) is 3.21. The Morgan fingerprint density at radius 3 is 2.69 bits per heavy atom. The number of fused-ring (bicyclic) bond motifs is 3. The van der Waals surface area contributed by atoms with Crippen LogP contribution in [0.2, 0.25) is 0 Å². The van der Waals surface area contributed by atoms with Crippen LogP contribution in [0.5, 0.6) is 11.5 Å². The third-order valence-electron chi connectivity index (χ3n) is 5.15. The maximum atomic E-state index is 12.3. The van der Waals surface area contributed by atoms with Gasteiger partial charge in [0.25, 0.3) is 0 Å². The van der Waals surface area contributed by atoms with Crippen molar-refractivity contribution in [3.8, 4) is 11.5 Å². The highest BCUT2D eigenvalue weighted by Crippen LogP contribution is 2.28. The molecule has 32 heavy (non-hydrogen) atoms. The highest BCUT2D eigenvalue weighted by atomic mass is 32.2. The van der Waals surface area contributed by atoms with Crippen LogP contribution < -0.4 is 14.8 Å². The number of aromatic amines is 1. The minimum Gasteiger partial charge on any atom is -0.493 e. The van der Waals surface area contributed by atoms with Gasteiger partial charge in [-0.2, -0.15) is 0 Å². The lowest BCUT2D eigenvalue weighted by Crippen LogP contribution is -2.27. The van der Waals surface area contributed by atoms with Crippen molar-refractivity contribution in [2.45, 2.75) is 25.4 Å². The molecule has 2 aromatic heterocycles. The SMILES string of the molecule is COc1ccc(CCNC(=O)CSc2nnc3[nH]c4cc(C)cc(C)c4c3n2)cc1OC. The number of carbonyl (C=O) groups is 1. The molecular weight excluding hydrogens is 426 g/mol. The summed E-state index contributed by atoms with van der Waals surface area (Å²) in [6.45, 7) is 4.64. The molecule has 0 bridgehead atoms. The van der Waals surface area contributed by atoms with Gasteiger partial charge in [0.2, 0.25) is 11.1 Å². The van der Waals surface area contributed by atoms with Crippen molar-refractivity contribution in [3.63, 3.8) is 0 Å². The zero-order valence-electron chi connectivity index (χ0n) is 18.5. The minimum absolute atomic E-state index is 0.0788. The summed E-state index contributed by atoms with van der Waals surface area (Å²) < 4.78 is 10.6. The minimum atomic E-state index is -0.0788. The lowest BCUT2D eigenvalue weighted by Gasteiger charge is -2.10. The molecule has 0 radical (unpaired) electrons. The van der Waals surface area contributed by atoms with E-state index < -0.39 is 0 Å². The van der Waals surface area contributed by atoms with Gasteiger partial charge in [0, 0.05) is 17.4 Å². The van der Waals surface area contributed by atoms with Crippen molar-refractivity contribution in [3.05, 3.63) is 47.0 Å². The van der Waals surface area contributed by atoms with E-state index in [9.17, 15) is 4.79 Å². The molecule has 1 amide bonds. The first kappa shape index (κ1) is 21.9. The van der Waals surface area contributed by atoms with Crippen LogP contribution >= 0.6 is 11.8 Å². The molecule has 0 saturated heterocycles. The van der Waals surface area contributed by atoms with Gasteiger partial charge in [0.05, 0.1) is 20.0 Å². The number of hydrogen-bond acceptors (Lipinski definition) is 7. The van der Waals surface area contributed by atoms with Gasteiger partial charge in [-0.3, -0.25) is 4.79 Å². The number of thioether (sulfide) groups is 1. The summed E-state index contributed by atoms with van der Waals surface area (Å²) in [6.07, 6.45) is 0.689. The Bertz CT molecular complexity index is 1290. The van der Waals surface area contributed by atoms with E-state index in [1.54, 1.807) is 14.2 Å². The normalized spacial score (nSPS) is 11.1. The highest BCUT2D eigenvalue weighted by molar-refractivity contribution is 7.99. The molecule has 0 spiro atoms. The third-order valence-corrected chi connectivity index (χ3v) is 5.99. The molecule has 4 rings (SSSR count). The van der Waals surface area contributed by atoms with Crippen LogP contribution in [0.15, 0.2) is 35.5 Å². The summed E-state index contributed by atoms with van der Waals surface area (Å²) in [4.78, 5) is 20.2. The average molecular weight is 452 g/mol. The molecule has 0 unspecified atom stereocenters. The van der Waals surface area contributed by atoms with Crippen LogP contribution in [0.1, 0.15) is 16.7 Å². The molecule has 8 nitrogen and oxygen atoms in total. The standard InChI is InChI=1S/C23H25N5O3S/c1-13-9-14(2)20-16(10-13)25-22-21(20)26-23(28-27-22)32-12-19(29)24-8-7-15-5-6-17(30-3)18(11-15)31-4/h5-6,9-11H,7-8,12H2,1-4H3,(H,24,29)(H,25,27). The van der Waals surface area contributed by atoms with E-state index >= 15 is 0 Å². The Morgan fingerprint density at radius 2 is 1.91 bits per heavy atom. The summed E-state index contributed by atoms with van der Waals surface area (Å²) in [5, 5.41) is 12.9. The molecule has 2 heterocycles. The number of H-pyrrole nitrogens is 1. The van der Waals surface area contributed by atoms with Gasteiger partial charge < -0.3 is 19.8 Å². The predicted molar refractivity (Wildman–Crippen MR) is 126 cm³/mol. The second-order valence-electron chi connectivity index (χ2n) is 7.50. The van der Waals surface area contributed by atoms with Crippen LogP contribution in [0.25, 0.3) is 22.1 Å². The van der Waals surface area contributed by atoms with Crippen molar-refractivity contribution < 1.29 is 14.3 Å². The van der Waals surface area contributed by atoms with Gasteiger partial charge in [-0.15, -0.1) is 10.2 Å². The van der Waals surface area contributed by atoms with Crippen LogP contribution in [-0.2, 0) is 11.2 Å². The number of nitrogens with zero attached hydrogens (tertiary/aromatic N) is 3. The molecule has 0 aliphatic carbocycles. The van der Waals surface area contributed by atoms with Crippen molar-refractivity contribution in [1.29, 1.82) is 0 Å². The van der Waals surface area contributed by atoms with E-state index in [2.05, 4.69) is 51.5 Å². The Kier molecular flexibility index (Phi) is 6.45. The smallest absolute Gasteiger partial charge is 0.230 e. The van der Waals surface area contributed by atoms with E-state index in [-0.39, 0.29) is 11.7 Å². The topological polar surface area (TPSA) is 102 Å². The molecule has 9 heteroatoms. The van der Waals surface area contributed by atoms with E-state index in [1.807, 2.05) is 18.2 Å². The highest BCUT2D eigenvalue weighted by Gasteiger charge is 2.13. The summed E-state index contributed by atoms with van der Waals surface area (Å²) in [6, 6.07) is 9.93. The summed E-state index contributed by atoms with van der Waals surface area (Å²) in [5.41, 5.74) is 5.79. The zero-order valence-corrected chi connectivity index (χ0v) is 19.3. The van der Waals surface area contributed by atoms with Gasteiger partial charge in [-0.05, 0) is 55.2 Å². The van der Waals surface area contributed by atoms with Crippen LogP contribution in [-0.4, -0.2) is 52.6 Å². The van der Waals surface area contributed by atoms with Gasteiger partial charge in [-0.1, -0.05) is 23.9 Å². The molecule has 0 atom stereocenters. The summed E-state index contributed by atoms with van der Waals surface area (Å²) >= 11 is 1.27. The number of aryl methyl sites for hydroxylation is 2. The Labute approximate surface area is 190 Å². The van der Waals surface area contributed by atoms with E-state index in [4.69, 9.17) is 9.47 Å². The largest absolute Gasteiger partial charge is 0.493 e. The quantitative estimate of drug-likeness (QED) is 0.395. The van der Waals surface area contributed by atoms with E-state index in [0.29, 0.717) is 35.3 Å². The van der Waals surface area contributed by atoms with E-state index in [0.717, 1.165) is 27.5 Å². The lowest BCUT2D eigenvalue weighted by atomic mass is 10.1. The van der Waals surface area contributed by atoms with E-state index in [1.165, 1.54) is 17.3 Å². The van der Waals surface area contributed by atoms with Crippen molar-refractivity contribution >= 4 is 39.7 Å². The van der Waals surface area contributed by atoms with Crippen molar-refractivity contribution in [2.24, 2.45) is 0 Å². The molecule has 0 aliphatic rings. The first-order chi connectivity index (χ1) is 15.5. The second-order valence-corrected chi connectivity index (χ2v) is 8.44. The predicted octanol–water partition coefficient (Wildman–Crippen LogP) is 3.59. The maximum Gasteiger partial charge on any atom is 0.230 e. The fraction of sp³-hybridized carbons (Fsp3) is 0.304. The van der Waals surface area contributed by atoms with Crippen molar-refractivity contribution in [2.75, 3.05) is 26.5 Å². The first-order valence-corrected chi connectivity index (χ1v) is 11.2. The molecular formula is C23H25N5O3S. The third kappa shape index (κ3) is 4.62. The zero-order chi connectivity index (χ0) is 22.7. The van der Waals surface area contributed by atoms with Gasteiger partial charge >= 0.3 is 0 Å². The monoisotopic (exact) mass is 451 g/mol. The number of carbonyl (C=O) groups excluding carboxylic acids is 1. The van der Waals surface area contributed by atoms with Gasteiger partial charge in [-0.25, -0.2) is 4.98 Å². The molecule has 4 aromatic rings.